The molecule has 2 nitrogen and oxygen atoms in total. The van der Waals surface area contributed by atoms with E-state index in [1.807, 2.05) is 19.1 Å². The van der Waals surface area contributed by atoms with E-state index in [1.165, 1.54) is 5.56 Å². The Labute approximate surface area is 78.0 Å². The zero-order valence-electron chi connectivity index (χ0n) is 7.62. The fraction of sp³-hybridized carbons (Fsp3) is 0.182. The molecule has 1 aliphatic heterocycles. The standard InChI is InChI=1S/C11H12N2/c1-8(2)11-9-5-3-4-6-10(9)12-7-13-11/h3-7,11H,1H2,2H3,(H,12,13). The van der Waals surface area contributed by atoms with E-state index in [2.05, 4.69) is 29.0 Å². The maximum atomic E-state index is 4.33. The molecule has 1 unspecified atom stereocenters. The molecule has 1 aromatic rings. The average molecular weight is 172 g/mol. The average Bonchev–Trinajstić information content (AvgIpc) is 2.17. The molecule has 0 spiro atoms. The van der Waals surface area contributed by atoms with Crippen LogP contribution in [-0.4, -0.2) is 6.34 Å². The lowest BCUT2D eigenvalue weighted by Crippen LogP contribution is -2.10. The molecular weight excluding hydrogens is 160 g/mol. The van der Waals surface area contributed by atoms with E-state index < -0.39 is 0 Å². The summed E-state index contributed by atoms with van der Waals surface area (Å²) in [5, 5.41) is 3.11. The van der Waals surface area contributed by atoms with Gasteiger partial charge in [0.15, 0.2) is 0 Å². The second-order valence-corrected chi connectivity index (χ2v) is 3.26. The number of hydrogen-bond acceptors (Lipinski definition) is 2. The first-order valence-corrected chi connectivity index (χ1v) is 4.31. The van der Waals surface area contributed by atoms with Gasteiger partial charge in [-0.1, -0.05) is 30.4 Å². The molecule has 0 fully saturated rings. The van der Waals surface area contributed by atoms with Gasteiger partial charge in [0.2, 0.25) is 0 Å². The van der Waals surface area contributed by atoms with Crippen molar-refractivity contribution in [3.8, 4) is 0 Å². The molecule has 2 rings (SSSR count). The number of anilines is 1. The van der Waals surface area contributed by atoms with Crippen molar-refractivity contribution in [3.63, 3.8) is 0 Å². The highest BCUT2D eigenvalue weighted by Gasteiger charge is 2.16. The molecular formula is C11H12N2. The maximum absolute atomic E-state index is 4.33. The number of rotatable bonds is 1. The van der Waals surface area contributed by atoms with Crippen molar-refractivity contribution in [2.45, 2.75) is 13.0 Å². The first kappa shape index (κ1) is 8.05. The smallest absolute Gasteiger partial charge is 0.0991 e. The molecule has 66 valence electrons. The zero-order chi connectivity index (χ0) is 9.26. The minimum Gasteiger partial charge on any atom is -0.346 e. The van der Waals surface area contributed by atoms with Gasteiger partial charge >= 0.3 is 0 Å². The number of para-hydroxylation sites is 1. The van der Waals surface area contributed by atoms with Crippen molar-refractivity contribution in [1.82, 2.24) is 0 Å². The summed E-state index contributed by atoms with van der Waals surface area (Å²) in [6.45, 7) is 5.94. The predicted octanol–water partition coefficient (Wildman–Crippen LogP) is 2.76. The van der Waals surface area contributed by atoms with E-state index in [0.717, 1.165) is 11.3 Å². The molecule has 0 bridgehead atoms. The minimum atomic E-state index is 0.123. The van der Waals surface area contributed by atoms with E-state index in [-0.39, 0.29) is 6.04 Å². The fourth-order valence-electron chi connectivity index (χ4n) is 1.52. The monoisotopic (exact) mass is 172 g/mol. The highest BCUT2D eigenvalue weighted by molar-refractivity contribution is 5.80. The number of benzene rings is 1. The number of nitrogens with one attached hydrogen (secondary N) is 1. The van der Waals surface area contributed by atoms with Gasteiger partial charge in [-0.25, -0.2) is 0 Å². The Bertz CT molecular complexity index is 366. The summed E-state index contributed by atoms with van der Waals surface area (Å²) in [6.07, 6.45) is 1.74. The summed E-state index contributed by atoms with van der Waals surface area (Å²) in [7, 11) is 0. The van der Waals surface area contributed by atoms with Crippen molar-refractivity contribution in [2.24, 2.45) is 4.99 Å². The number of aliphatic imine (C=N–C) groups is 1. The number of fused-ring (bicyclic) bond motifs is 1. The zero-order valence-corrected chi connectivity index (χ0v) is 7.62. The van der Waals surface area contributed by atoms with Crippen LogP contribution in [0.3, 0.4) is 0 Å². The summed E-state index contributed by atoms with van der Waals surface area (Å²) in [5.74, 6) is 0. The molecule has 1 atom stereocenters. The Balaban J connectivity index is 2.48. The van der Waals surface area contributed by atoms with Gasteiger partial charge in [-0.3, -0.25) is 4.99 Å². The second-order valence-electron chi connectivity index (χ2n) is 3.26. The third-order valence-electron chi connectivity index (χ3n) is 2.17. The molecule has 1 aromatic carbocycles. The Morgan fingerprint density at radius 3 is 3.00 bits per heavy atom. The normalized spacial score (nSPS) is 19.0. The fourth-order valence-corrected chi connectivity index (χ4v) is 1.52. The van der Waals surface area contributed by atoms with Crippen LogP contribution >= 0.6 is 0 Å². The molecule has 0 amide bonds. The van der Waals surface area contributed by atoms with Crippen LogP contribution in [0, 0.1) is 0 Å². The summed E-state index contributed by atoms with van der Waals surface area (Å²) in [5.41, 5.74) is 3.41. The Kier molecular flexibility index (Phi) is 1.89. The van der Waals surface area contributed by atoms with Gasteiger partial charge in [-0.2, -0.15) is 0 Å². The van der Waals surface area contributed by atoms with Crippen LogP contribution in [0.15, 0.2) is 41.4 Å². The predicted molar refractivity (Wildman–Crippen MR) is 56.1 cm³/mol. The SMILES string of the molecule is C=C(C)C1N=CNc2ccccc21. The van der Waals surface area contributed by atoms with Crippen molar-refractivity contribution in [2.75, 3.05) is 5.32 Å². The first-order valence-electron chi connectivity index (χ1n) is 4.31. The van der Waals surface area contributed by atoms with Gasteiger partial charge in [0.05, 0.1) is 12.4 Å². The van der Waals surface area contributed by atoms with Crippen LogP contribution in [0.25, 0.3) is 0 Å². The Morgan fingerprint density at radius 2 is 2.23 bits per heavy atom. The van der Waals surface area contributed by atoms with Crippen LogP contribution in [-0.2, 0) is 0 Å². The highest BCUT2D eigenvalue weighted by Crippen LogP contribution is 2.32. The van der Waals surface area contributed by atoms with E-state index in [1.54, 1.807) is 6.34 Å². The summed E-state index contributed by atoms with van der Waals surface area (Å²) >= 11 is 0. The molecule has 1 N–H and O–H groups in total. The van der Waals surface area contributed by atoms with Gasteiger partial charge < -0.3 is 5.32 Å². The van der Waals surface area contributed by atoms with Crippen LogP contribution in [0.2, 0.25) is 0 Å². The summed E-state index contributed by atoms with van der Waals surface area (Å²) < 4.78 is 0. The highest BCUT2D eigenvalue weighted by atomic mass is 15.0. The Hall–Kier alpha value is -1.57. The molecule has 2 heteroatoms. The largest absolute Gasteiger partial charge is 0.346 e. The number of nitrogens with zero attached hydrogens (tertiary/aromatic N) is 1. The Morgan fingerprint density at radius 1 is 1.46 bits per heavy atom. The lowest BCUT2D eigenvalue weighted by Gasteiger charge is -2.20. The number of hydrogen-bond donors (Lipinski definition) is 1. The van der Waals surface area contributed by atoms with Gasteiger partial charge in [0.25, 0.3) is 0 Å². The summed E-state index contributed by atoms with van der Waals surface area (Å²) in [4.78, 5) is 4.33. The van der Waals surface area contributed by atoms with Crippen LogP contribution < -0.4 is 5.32 Å². The van der Waals surface area contributed by atoms with Gasteiger partial charge in [0.1, 0.15) is 0 Å². The minimum absolute atomic E-state index is 0.123. The van der Waals surface area contributed by atoms with Crippen LogP contribution in [0.5, 0.6) is 0 Å². The van der Waals surface area contributed by atoms with E-state index >= 15 is 0 Å². The molecule has 1 aliphatic rings. The lowest BCUT2D eigenvalue weighted by molar-refractivity contribution is 0.850. The second kappa shape index (κ2) is 3.05. The molecule has 0 radical (unpaired) electrons. The van der Waals surface area contributed by atoms with E-state index in [0.29, 0.717) is 0 Å². The molecule has 1 heterocycles. The quantitative estimate of drug-likeness (QED) is 0.647. The van der Waals surface area contributed by atoms with Crippen molar-refractivity contribution < 1.29 is 0 Å². The van der Waals surface area contributed by atoms with Crippen molar-refractivity contribution >= 4 is 12.0 Å². The van der Waals surface area contributed by atoms with Gasteiger partial charge in [-0.05, 0) is 13.0 Å². The molecule has 0 aliphatic carbocycles. The molecule has 0 saturated heterocycles. The third kappa shape index (κ3) is 1.35. The van der Waals surface area contributed by atoms with Crippen molar-refractivity contribution in [1.29, 1.82) is 0 Å². The maximum Gasteiger partial charge on any atom is 0.0991 e. The molecule has 0 saturated carbocycles. The van der Waals surface area contributed by atoms with Crippen LogP contribution in [0.4, 0.5) is 5.69 Å². The molecule has 0 aromatic heterocycles. The summed E-state index contributed by atoms with van der Waals surface area (Å²) in [6, 6.07) is 8.30. The van der Waals surface area contributed by atoms with E-state index in [9.17, 15) is 0 Å². The van der Waals surface area contributed by atoms with Gasteiger partial charge in [-0.15, -0.1) is 0 Å². The topological polar surface area (TPSA) is 24.4 Å². The van der Waals surface area contributed by atoms with Gasteiger partial charge in [0, 0.05) is 11.3 Å². The lowest BCUT2D eigenvalue weighted by atomic mass is 9.99. The van der Waals surface area contributed by atoms with Crippen molar-refractivity contribution in [3.05, 3.63) is 42.0 Å². The first-order chi connectivity index (χ1) is 6.29. The molecule has 13 heavy (non-hydrogen) atoms. The van der Waals surface area contributed by atoms with Crippen LogP contribution in [0.1, 0.15) is 18.5 Å². The third-order valence-corrected chi connectivity index (χ3v) is 2.17. The van der Waals surface area contributed by atoms with E-state index in [4.69, 9.17) is 0 Å².